The smallest absolute Gasteiger partial charge is 0.150 e. The van der Waals surface area contributed by atoms with Crippen molar-refractivity contribution in [3.63, 3.8) is 0 Å². The summed E-state index contributed by atoms with van der Waals surface area (Å²) in [5, 5.41) is 13.7. The molecule has 0 fully saturated rings. The van der Waals surface area contributed by atoms with E-state index in [1.165, 1.54) is 6.07 Å². The Morgan fingerprint density at radius 2 is 1.86 bits per heavy atom. The summed E-state index contributed by atoms with van der Waals surface area (Å²) >= 11 is 1.56. The van der Waals surface area contributed by atoms with Crippen molar-refractivity contribution in [2.24, 2.45) is 0 Å². The molecule has 1 aromatic carbocycles. The summed E-state index contributed by atoms with van der Waals surface area (Å²) in [7, 11) is 0. The molecule has 2 rings (SSSR count). The van der Waals surface area contributed by atoms with Crippen LogP contribution >= 0.6 is 11.8 Å². The number of rotatable bonds is 2. The van der Waals surface area contributed by atoms with Crippen molar-refractivity contribution in [1.82, 2.24) is 9.78 Å². The molecule has 0 spiro atoms. The molecular weight excluding hydrogens is 297 g/mol. The number of aromatic nitrogens is 2. The van der Waals surface area contributed by atoms with Crippen LogP contribution in [0.15, 0.2) is 17.0 Å². The molecule has 0 saturated heterocycles. The summed E-state index contributed by atoms with van der Waals surface area (Å²) < 4.78 is 16.0. The number of nitrogens with zero attached hydrogens (tertiary/aromatic N) is 3. The molecule has 2 aromatic rings. The Kier molecular flexibility index (Phi) is 4.35. The maximum absolute atomic E-state index is 14.4. The fourth-order valence-corrected chi connectivity index (χ4v) is 3.21. The lowest BCUT2D eigenvalue weighted by molar-refractivity contribution is 0.605. The molecule has 0 saturated carbocycles. The monoisotopic (exact) mass is 317 g/mol. The highest BCUT2D eigenvalue weighted by Crippen LogP contribution is 2.36. The van der Waals surface area contributed by atoms with E-state index in [0.29, 0.717) is 11.3 Å². The molecule has 0 bridgehead atoms. The number of nitriles is 1. The van der Waals surface area contributed by atoms with E-state index in [9.17, 15) is 9.65 Å². The van der Waals surface area contributed by atoms with Crippen molar-refractivity contribution in [2.45, 2.75) is 51.2 Å². The highest BCUT2D eigenvalue weighted by molar-refractivity contribution is 8.00. The van der Waals surface area contributed by atoms with Gasteiger partial charge >= 0.3 is 0 Å². The van der Waals surface area contributed by atoms with E-state index < -0.39 is 5.82 Å². The maximum atomic E-state index is 14.4. The molecule has 0 unspecified atom stereocenters. The first kappa shape index (κ1) is 16.6. The summed E-state index contributed by atoms with van der Waals surface area (Å²) in [6.45, 7) is 12.0. The topological polar surface area (TPSA) is 41.6 Å². The van der Waals surface area contributed by atoms with Gasteiger partial charge in [-0.05, 0) is 38.5 Å². The zero-order valence-electron chi connectivity index (χ0n) is 13.8. The predicted octanol–water partition coefficient (Wildman–Crippen LogP) is 4.70. The first-order chi connectivity index (χ1) is 10.1. The van der Waals surface area contributed by atoms with Crippen LogP contribution < -0.4 is 0 Å². The van der Waals surface area contributed by atoms with E-state index in [1.807, 2.05) is 20.8 Å². The van der Waals surface area contributed by atoms with Gasteiger partial charge in [0.05, 0.1) is 11.3 Å². The lowest BCUT2D eigenvalue weighted by Gasteiger charge is -2.19. The van der Waals surface area contributed by atoms with Crippen LogP contribution in [0.3, 0.4) is 0 Å². The average molecular weight is 317 g/mol. The lowest BCUT2D eigenvalue weighted by Crippen LogP contribution is -2.09. The Balaban J connectivity index is 2.65. The first-order valence-electron chi connectivity index (χ1n) is 7.10. The minimum Gasteiger partial charge on any atom is -0.235 e. The second-order valence-electron chi connectivity index (χ2n) is 6.33. The lowest BCUT2D eigenvalue weighted by atomic mass is 10.2. The Morgan fingerprint density at radius 3 is 2.32 bits per heavy atom. The number of halogens is 1. The van der Waals surface area contributed by atoms with E-state index >= 15 is 0 Å². The summed E-state index contributed by atoms with van der Waals surface area (Å²) in [5.74, 6) is -0.430. The maximum Gasteiger partial charge on any atom is 0.150 e. The van der Waals surface area contributed by atoms with Gasteiger partial charge in [0.2, 0.25) is 0 Å². The number of hydrogen-bond acceptors (Lipinski definition) is 3. The van der Waals surface area contributed by atoms with Gasteiger partial charge in [-0.25, -0.2) is 9.07 Å². The van der Waals surface area contributed by atoms with Crippen molar-refractivity contribution in [1.29, 1.82) is 5.26 Å². The van der Waals surface area contributed by atoms with Crippen molar-refractivity contribution < 1.29 is 4.39 Å². The molecule has 0 atom stereocenters. The summed E-state index contributed by atoms with van der Waals surface area (Å²) in [5.41, 5.74) is 3.59. The Labute approximate surface area is 135 Å². The van der Waals surface area contributed by atoms with E-state index in [2.05, 4.69) is 31.9 Å². The zero-order valence-corrected chi connectivity index (χ0v) is 14.6. The zero-order chi connectivity index (χ0) is 16.7. The molecule has 0 amide bonds. The molecule has 0 N–H and O–H groups in total. The van der Waals surface area contributed by atoms with Crippen molar-refractivity contribution in [3.8, 4) is 11.8 Å². The van der Waals surface area contributed by atoms with Crippen LogP contribution in [0.4, 0.5) is 4.39 Å². The average Bonchev–Trinajstić information content (AvgIpc) is 2.66. The van der Waals surface area contributed by atoms with Gasteiger partial charge in [0, 0.05) is 15.3 Å². The SMILES string of the molecule is Cc1nn(-c2cc(SC(C)(C)C)c(C#N)cc2F)c(C)c1C. The Bertz CT molecular complexity index is 764. The number of thioether (sulfide) groups is 1. The minimum absolute atomic E-state index is 0.0638. The quantitative estimate of drug-likeness (QED) is 0.754. The standard InChI is InChI=1S/C17H20FN3S/c1-10-11(2)20-21(12(10)3)15-8-16(22-17(4,5)6)13(9-19)7-14(15)18/h7-8H,1-6H3. The third-order valence-corrected chi connectivity index (χ3v) is 4.64. The van der Waals surface area contributed by atoms with Crippen LogP contribution in [0.5, 0.6) is 0 Å². The molecule has 116 valence electrons. The van der Waals surface area contributed by atoms with Gasteiger partial charge in [-0.3, -0.25) is 0 Å². The molecule has 1 aromatic heterocycles. The van der Waals surface area contributed by atoms with Crippen molar-refractivity contribution >= 4 is 11.8 Å². The normalized spacial score (nSPS) is 11.5. The Hall–Kier alpha value is -1.80. The summed E-state index contributed by atoms with van der Waals surface area (Å²) in [4.78, 5) is 0.775. The summed E-state index contributed by atoms with van der Waals surface area (Å²) in [6.07, 6.45) is 0. The number of hydrogen-bond donors (Lipinski definition) is 0. The molecule has 22 heavy (non-hydrogen) atoms. The van der Waals surface area contributed by atoms with Gasteiger partial charge in [-0.1, -0.05) is 20.8 Å². The molecule has 1 heterocycles. The molecule has 3 nitrogen and oxygen atoms in total. The van der Waals surface area contributed by atoms with Crippen LogP contribution in [0.25, 0.3) is 5.69 Å². The fourth-order valence-electron chi connectivity index (χ4n) is 2.16. The molecule has 5 heteroatoms. The van der Waals surface area contributed by atoms with Crippen LogP contribution in [-0.4, -0.2) is 14.5 Å². The van der Waals surface area contributed by atoms with E-state index in [1.54, 1.807) is 22.5 Å². The van der Waals surface area contributed by atoms with Gasteiger partial charge in [0.1, 0.15) is 17.6 Å². The highest BCUT2D eigenvalue weighted by Gasteiger charge is 2.20. The van der Waals surface area contributed by atoms with Crippen molar-refractivity contribution in [2.75, 3.05) is 0 Å². The third kappa shape index (κ3) is 3.17. The van der Waals surface area contributed by atoms with Gasteiger partial charge < -0.3 is 0 Å². The van der Waals surface area contributed by atoms with Crippen LogP contribution in [0, 0.1) is 37.9 Å². The van der Waals surface area contributed by atoms with E-state index in [0.717, 1.165) is 21.8 Å². The second kappa shape index (κ2) is 5.77. The van der Waals surface area contributed by atoms with Gasteiger partial charge in [0.15, 0.2) is 0 Å². The van der Waals surface area contributed by atoms with Crippen molar-refractivity contribution in [3.05, 3.63) is 40.5 Å². The minimum atomic E-state index is -0.430. The van der Waals surface area contributed by atoms with Crippen LogP contribution in [-0.2, 0) is 0 Å². The molecule has 0 radical (unpaired) electrons. The van der Waals surface area contributed by atoms with Gasteiger partial charge in [0.25, 0.3) is 0 Å². The van der Waals surface area contributed by atoms with E-state index in [4.69, 9.17) is 0 Å². The highest BCUT2D eigenvalue weighted by atomic mass is 32.2. The largest absolute Gasteiger partial charge is 0.235 e. The number of benzene rings is 1. The summed E-state index contributed by atoms with van der Waals surface area (Å²) in [6, 6.07) is 5.10. The van der Waals surface area contributed by atoms with Gasteiger partial charge in [-0.15, -0.1) is 11.8 Å². The molecule has 0 aliphatic rings. The fraction of sp³-hybridized carbons (Fsp3) is 0.412. The van der Waals surface area contributed by atoms with Gasteiger partial charge in [-0.2, -0.15) is 10.4 Å². The predicted molar refractivity (Wildman–Crippen MR) is 88.1 cm³/mol. The Morgan fingerprint density at radius 1 is 1.23 bits per heavy atom. The van der Waals surface area contributed by atoms with Crippen LogP contribution in [0.1, 0.15) is 43.3 Å². The third-order valence-electron chi connectivity index (χ3n) is 3.47. The molecular formula is C17H20FN3S. The second-order valence-corrected chi connectivity index (χ2v) is 8.20. The van der Waals surface area contributed by atoms with Crippen LogP contribution in [0.2, 0.25) is 0 Å². The first-order valence-corrected chi connectivity index (χ1v) is 7.91. The number of aryl methyl sites for hydroxylation is 1. The molecule has 0 aliphatic carbocycles. The van der Waals surface area contributed by atoms with E-state index in [-0.39, 0.29) is 4.75 Å². The molecule has 0 aliphatic heterocycles.